The minimum absolute atomic E-state index is 0.335. The minimum Gasteiger partial charge on any atom is -0.364 e. The maximum absolute atomic E-state index is 11.3. The molecule has 1 amide bonds. The average molecular weight is 258 g/mol. The van der Waals surface area contributed by atoms with Crippen LogP contribution >= 0.6 is 0 Å². The highest BCUT2D eigenvalue weighted by molar-refractivity contribution is 6.03. The van der Waals surface area contributed by atoms with Crippen molar-refractivity contribution in [3.8, 4) is 0 Å². The van der Waals surface area contributed by atoms with Crippen LogP contribution in [0.15, 0.2) is 18.2 Å². The Morgan fingerprint density at radius 3 is 2.89 bits per heavy atom. The van der Waals surface area contributed by atoms with Crippen molar-refractivity contribution in [2.24, 2.45) is 11.7 Å². The summed E-state index contributed by atoms with van der Waals surface area (Å²) in [6.07, 6.45) is 3.49. The summed E-state index contributed by atoms with van der Waals surface area (Å²) in [5, 5.41) is 11.0. The number of primary amides is 1. The van der Waals surface area contributed by atoms with E-state index in [1.165, 1.54) is 18.4 Å². The van der Waals surface area contributed by atoms with Gasteiger partial charge in [0.05, 0.1) is 5.52 Å². The molecule has 4 N–H and O–H groups in total. The number of hydrogen-bond donors (Lipinski definition) is 3. The number of nitrogens with one attached hydrogen (secondary N) is 2. The number of hydrogen-bond acceptors (Lipinski definition) is 3. The third-order valence-corrected chi connectivity index (χ3v) is 3.84. The fourth-order valence-electron chi connectivity index (χ4n) is 2.80. The van der Waals surface area contributed by atoms with E-state index in [9.17, 15) is 4.79 Å². The molecule has 100 valence electrons. The summed E-state index contributed by atoms with van der Waals surface area (Å²) in [6, 6.07) is 6.12. The predicted molar refractivity (Wildman–Crippen MR) is 73.9 cm³/mol. The van der Waals surface area contributed by atoms with Gasteiger partial charge in [-0.15, -0.1) is 0 Å². The second-order valence-corrected chi connectivity index (χ2v) is 5.21. The molecule has 1 saturated heterocycles. The van der Waals surface area contributed by atoms with Gasteiger partial charge in [-0.25, -0.2) is 0 Å². The van der Waals surface area contributed by atoms with Crippen LogP contribution < -0.4 is 11.1 Å². The molecule has 19 heavy (non-hydrogen) atoms. The van der Waals surface area contributed by atoms with Gasteiger partial charge >= 0.3 is 0 Å². The Bertz CT molecular complexity index is 599. The van der Waals surface area contributed by atoms with Crippen LogP contribution in [0, 0.1) is 5.92 Å². The number of benzene rings is 1. The molecule has 2 aromatic rings. The van der Waals surface area contributed by atoms with Crippen LogP contribution in [0.25, 0.3) is 10.9 Å². The third-order valence-electron chi connectivity index (χ3n) is 3.84. The van der Waals surface area contributed by atoms with Gasteiger partial charge in [-0.3, -0.25) is 9.89 Å². The summed E-state index contributed by atoms with van der Waals surface area (Å²) in [7, 11) is 0. The van der Waals surface area contributed by atoms with Crippen molar-refractivity contribution >= 4 is 16.8 Å². The van der Waals surface area contributed by atoms with Gasteiger partial charge in [0.2, 0.25) is 0 Å². The molecule has 5 nitrogen and oxygen atoms in total. The van der Waals surface area contributed by atoms with Crippen molar-refractivity contribution in [1.82, 2.24) is 15.5 Å². The van der Waals surface area contributed by atoms with Gasteiger partial charge in [-0.1, -0.05) is 6.07 Å². The number of aromatic amines is 1. The number of fused-ring (bicyclic) bond motifs is 1. The van der Waals surface area contributed by atoms with E-state index in [0.717, 1.165) is 36.3 Å². The molecule has 1 fully saturated rings. The highest BCUT2D eigenvalue weighted by atomic mass is 16.1. The van der Waals surface area contributed by atoms with E-state index in [2.05, 4.69) is 21.6 Å². The average Bonchev–Trinajstić information content (AvgIpc) is 2.83. The maximum Gasteiger partial charge on any atom is 0.269 e. The first-order chi connectivity index (χ1) is 9.24. The lowest BCUT2D eigenvalue weighted by Crippen LogP contribution is -2.28. The Morgan fingerprint density at radius 2 is 2.16 bits per heavy atom. The van der Waals surface area contributed by atoms with Gasteiger partial charge in [0.25, 0.3) is 5.91 Å². The minimum atomic E-state index is -0.481. The smallest absolute Gasteiger partial charge is 0.269 e. The summed E-state index contributed by atoms with van der Waals surface area (Å²) >= 11 is 0. The van der Waals surface area contributed by atoms with Gasteiger partial charge in [0.15, 0.2) is 5.69 Å². The van der Waals surface area contributed by atoms with Crippen molar-refractivity contribution in [2.45, 2.75) is 19.3 Å². The van der Waals surface area contributed by atoms with E-state index >= 15 is 0 Å². The van der Waals surface area contributed by atoms with E-state index in [1.807, 2.05) is 12.1 Å². The van der Waals surface area contributed by atoms with Crippen LogP contribution in [0.2, 0.25) is 0 Å². The molecule has 0 aliphatic carbocycles. The number of rotatable bonds is 3. The van der Waals surface area contributed by atoms with Gasteiger partial charge < -0.3 is 11.1 Å². The summed E-state index contributed by atoms with van der Waals surface area (Å²) < 4.78 is 0. The lowest BCUT2D eigenvalue weighted by molar-refractivity contribution is 0.0997. The number of carbonyl (C=O) groups excluding carboxylic acids is 1. The van der Waals surface area contributed by atoms with E-state index in [4.69, 9.17) is 5.73 Å². The van der Waals surface area contributed by atoms with Crippen molar-refractivity contribution in [2.75, 3.05) is 13.1 Å². The van der Waals surface area contributed by atoms with E-state index in [-0.39, 0.29) is 0 Å². The molecule has 1 aliphatic heterocycles. The number of amides is 1. The van der Waals surface area contributed by atoms with Gasteiger partial charge in [-0.05, 0) is 56.0 Å². The monoisotopic (exact) mass is 258 g/mol. The van der Waals surface area contributed by atoms with Gasteiger partial charge in [0, 0.05) is 5.39 Å². The largest absolute Gasteiger partial charge is 0.364 e. The molecule has 1 aliphatic rings. The third kappa shape index (κ3) is 2.46. The molecular formula is C14H18N4O. The maximum atomic E-state index is 11.3. The predicted octanol–water partition coefficient (Wildman–Crippen LogP) is 1.20. The second-order valence-electron chi connectivity index (χ2n) is 5.21. The fraction of sp³-hybridized carbons (Fsp3) is 0.429. The van der Waals surface area contributed by atoms with Crippen LogP contribution in [0.1, 0.15) is 28.9 Å². The molecule has 0 spiro atoms. The first-order valence-electron chi connectivity index (χ1n) is 6.71. The number of H-pyrrole nitrogens is 1. The number of nitrogens with two attached hydrogens (primary N) is 1. The molecule has 0 unspecified atom stereocenters. The topological polar surface area (TPSA) is 83.8 Å². The summed E-state index contributed by atoms with van der Waals surface area (Å²) in [5.74, 6) is 0.243. The van der Waals surface area contributed by atoms with Crippen molar-refractivity contribution < 1.29 is 4.79 Å². The first-order valence-corrected chi connectivity index (χ1v) is 6.71. The Kier molecular flexibility index (Phi) is 3.21. The standard InChI is InChI=1S/C14H18N4O/c15-14(19)13-11-8-10(1-2-12(11)17-18-13)7-9-3-5-16-6-4-9/h1-2,8-9,16H,3-7H2,(H2,15,19)(H,17,18). The zero-order valence-electron chi connectivity index (χ0n) is 10.8. The molecule has 0 atom stereocenters. The molecule has 3 rings (SSSR count). The highest BCUT2D eigenvalue weighted by Crippen LogP contribution is 2.22. The molecule has 5 heteroatoms. The Morgan fingerprint density at radius 1 is 1.37 bits per heavy atom. The van der Waals surface area contributed by atoms with Crippen molar-refractivity contribution in [3.63, 3.8) is 0 Å². The van der Waals surface area contributed by atoms with E-state index in [1.54, 1.807) is 0 Å². The lowest BCUT2D eigenvalue weighted by Gasteiger charge is -2.22. The van der Waals surface area contributed by atoms with Crippen LogP contribution in [-0.2, 0) is 6.42 Å². The van der Waals surface area contributed by atoms with Crippen molar-refractivity contribution in [1.29, 1.82) is 0 Å². The number of piperidine rings is 1. The molecular weight excluding hydrogens is 240 g/mol. The Hall–Kier alpha value is -1.88. The van der Waals surface area contributed by atoms with Crippen LogP contribution in [-0.4, -0.2) is 29.2 Å². The second kappa shape index (κ2) is 5.01. The molecule has 1 aromatic carbocycles. The SMILES string of the molecule is NC(=O)c1n[nH]c2ccc(CC3CCNCC3)cc12. The zero-order valence-corrected chi connectivity index (χ0v) is 10.8. The molecule has 1 aromatic heterocycles. The number of nitrogens with zero attached hydrogens (tertiary/aromatic N) is 1. The quantitative estimate of drug-likeness (QED) is 0.773. The van der Waals surface area contributed by atoms with Gasteiger partial charge in [0.1, 0.15) is 0 Å². The summed E-state index contributed by atoms with van der Waals surface area (Å²) in [6.45, 7) is 2.20. The molecule has 0 radical (unpaired) electrons. The first kappa shape index (κ1) is 12.2. The van der Waals surface area contributed by atoms with Crippen molar-refractivity contribution in [3.05, 3.63) is 29.5 Å². The molecule has 0 saturated carbocycles. The fourth-order valence-corrected chi connectivity index (χ4v) is 2.80. The Labute approximate surface area is 111 Å². The Balaban J connectivity index is 1.87. The highest BCUT2D eigenvalue weighted by Gasteiger charge is 2.15. The van der Waals surface area contributed by atoms with Gasteiger partial charge in [-0.2, -0.15) is 5.10 Å². The number of aromatic nitrogens is 2. The summed E-state index contributed by atoms with van der Waals surface area (Å²) in [4.78, 5) is 11.3. The zero-order chi connectivity index (χ0) is 13.2. The van der Waals surface area contributed by atoms with E-state index in [0.29, 0.717) is 5.69 Å². The normalized spacial score (nSPS) is 16.8. The number of carbonyl (C=O) groups is 1. The van der Waals surface area contributed by atoms with E-state index < -0.39 is 5.91 Å². The lowest BCUT2D eigenvalue weighted by atomic mass is 9.90. The molecule has 2 heterocycles. The summed E-state index contributed by atoms with van der Waals surface area (Å²) in [5.41, 5.74) is 7.78. The van der Waals surface area contributed by atoms with Crippen LogP contribution in [0.4, 0.5) is 0 Å². The molecule has 0 bridgehead atoms. The van der Waals surface area contributed by atoms with Crippen LogP contribution in [0.3, 0.4) is 0 Å². The van der Waals surface area contributed by atoms with Crippen LogP contribution in [0.5, 0.6) is 0 Å².